The van der Waals surface area contributed by atoms with Crippen LogP contribution in [0.4, 0.5) is 0 Å². The van der Waals surface area contributed by atoms with Crippen molar-refractivity contribution in [3.63, 3.8) is 0 Å². The molecule has 0 bridgehead atoms. The van der Waals surface area contributed by atoms with Gasteiger partial charge in [-0.05, 0) is 48.4 Å². The Morgan fingerprint density at radius 2 is 1.26 bits per heavy atom. The van der Waals surface area contributed by atoms with Crippen molar-refractivity contribution in [1.82, 2.24) is 31.9 Å². The maximum atomic E-state index is 13.7. The van der Waals surface area contributed by atoms with Gasteiger partial charge in [0.1, 0.15) is 42.2 Å². The first-order chi connectivity index (χ1) is 25.1. The topological polar surface area (TPSA) is 238 Å². The van der Waals surface area contributed by atoms with Gasteiger partial charge in [-0.2, -0.15) is 12.6 Å². The highest BCUT2D eigenvalue weighted by Gasteiger charge is 2.34. The molecule has 2 aromatic carbocycles. The summed E-state index contributed by atoms with van der Waals surface area (Å²) in [4.78, 5) is 90.6. The van der Waals surface area contributed by atoms with Gasteiger partial charge in [0.05, 0.1) is 12.6 Å². The van der Waals surface area contributed by atoms with E-state index < -0.39 is 83.5 Å². The van der Waals surface area contributed by atoms with E-state index in [1.807, 2.05) is 37.3 Å². The number of nitrogens with two attached hydrogens (primary N) is 1. The lowest BCUT2D eigenvalue weighted by atomic mass is 9.96. The van der Waals surface area contributed by atoms with Gasteiger partial charge in [0.25, 0.3) is 0 Å². The molecule has 290 valence electrons. The summed E-state index contributed by atoms with van der Waals surface area (Å²) in [5.74, 6) is -4.80. The van der Waals surface area contributed by atoms with Gasteiger partial charge in [-0.15, -0.1) is 0 Å². The van der Waals surface area contributed by atoms with E-state index in [-0.39, 0.29) is 30.9 Å². The Labute approximate surface area is 315 Å². The summed E-state index contributed by atoms with van der Waals surface area (Å²) in [5.41, 5.74) is 6.90. The quantitative estimate of drug-likeness (QED) is 0.0610. The standard InChI is InChI=1S/C37H53N7O8S/c1-6-22(4)32(44-33(48)23(5)39-34(49)28(41-30(47)18-38)17-25-12-14-27(46)15-13-25)37(52)43-31(21(2)3)36(51)42-29(20-53)35(50)40-26(19-45)16-24-10-8-7-9-11-24/h7-15,19,21-23,26,28-29,31-32,46,53H,6,16-18,20,38H2,1-5H3,(H,39,49)(H,40,50)(H,41,47)(H,42,51)(H,43,52)(H,44,48)/t22-,23-,26-,28-,29-,31-,32-/m0/s1. The number of benzene rings is 2. The van der Waals surface area contributed by atoms with Gasteiger partial charge in [-0.3, -0.25) is 28.8 Å². The summed E-state index contributed by atoms with van der Waals surface area (Å²) in [5, 5.41) is 25.3. The smallest absolute Gasteiger partial charge is 0.244 e. The van der Waals surface area contributed by atoms with E-state index >= 15 is 0 Å². The third kappa shape index (κ3) is 14.5. The number of rotatable bonds is 21. The fourth-order valence-electron chi connectivity index (χ4n) is 5.21. The van der Waals surface area contributed by atoms with E-state index in [1.165, 1.54) is 19.1 Å². The Hall–Kier alpha value is -4.96. The van der Waals surface area contributed by atoms with E-state index in [1.54, 1.807) is 32.9 Å². The molecule has 0 saturated carbocycles. The Morgan fingerprint density at radius 1 is 0.698 bits per heavy atom. The lowest BCUT2D eigenvalue weighted by molar-refractivity contribution is -0.136. The molecule has 0 unspecified atom stereocenters. The van der Waals surface area contributed by atoms with Crippen molar-refractivity contribution >= 4 is 54.4 Å². The van der Waals surface area contributed by atoms with Gasteiger partial charge in [-0.1, -0.05) is 76.6 Å². The number of hydrogen-bond acceptors (Lipinski definition) is 10. The predicted octanol–water partition coefficient (Wildman–Crippen LogP) is -0.104. The number of carbonyl (C=O) groups is 7. The molecule has 6 amide bonds. The van der Waals surface area contributed by atoms with Crippen LogP contribution >= 0.6 is 12.6 Å². The fraction of sp³-hybridized carbons (Fsp3) is 0.486. The Balaban J connectivity index is 2.12. The van der Waals surface area contributed by atoms with Crippen LogP contribution < -0.4 is 37.6 Å². The highest BCUT2D eigenvalue weighted by atomic mass is 32.1. The molecule has 0 aliphatic rings. The molecular weight excluding hydrogens is 703 g/mol. The normalized spacial score (nSPS) is 14.9. The minimum atomic E-state index is -1.14. The number of thiol groups is 1. The zero-order chi connectivity index (χ0) is 39.7. The van der Waals surface area contributed by atoms with Crippen molar-refractivity contribution in [3.05, 3.63) is 65.7 Å². The number of phenolic OH excluding ortho intramolecular Hbond substituents is 1. The molecule has 0 radical (unpaired) electrons. The number of aldehydes is 1. The van der Waals surface area contributed by atoms with E-state index in [9.17, 15) is 38.7 Å². The second-order valence-corrected chi connectivity index (χ2v) is 13.6. The molecule has 0 aliphatic carbocycles. The van der Waals surface area contributed by atoms with Crippen LogP contribution in [0.2, 0.25) is 0 Å². The summed E-state index contributed by atoms with van der Waals surface area (Å²) < 4.78 is 0. The van der Waals surface area contributed by atoms with Gasteiger partial charge in [0, 0.05) is 12.2 Å². The second kappa shape index (κ2) is 22.2. The molecule has 15 nitrogen and oxygen atoms in total. The number of hydrogen-bond donors (Lipinski definition) is 9. The third-order valence-electron chi connectivity index (χ3n) is 8.61. The summed E-state index contributed by atoms with van der Waals surface area (Å²) in [6, 6.07) is 8.74. The summed E-state index contributed by atoms with van der Waals surface area (Å²) in [7, 11) is 0. The lowest BCUT2D eigenvalue weighted by Gasteiger charge is -2.30. The van der Waals surface area contributed by atoms with Gasteiger partial charge in [-0.25, -0.2) is 0 Å². The van der Waals surface area contributed by atoms with Crippen LogP contribution in [0.5, 0.6) is 5.75 Å². The zero-order valence-corrected chi connectivity index (χ0v) is 31.7. The van der Waals surface area contributed by atoms with Crippen LogP contribution in [0.15, 0.2) is 54.6 Å². The van der Waals surface area contributed by atoms with Crippen molar-refractivity contribution < 1.29 is 38.7 Å². The first-order valence-corrected chi connectivity index (χ1v) is 18.2. The first-order valence-electron chi connectivity index (χ1n) is 17.5. The SMILES string of the molecule is CC[C@H](C)[C@H](NC(=O)[C@H](C)NC(=O)[C@H](Cc1ccc(O)cc1)NC(=O)CN)C(=O)N[C@H](C(=O)N[C@@H](CS)C(=O)N[C@H](C=O)Cc1ccccc1)C(C)C. The molecule has 16 heteroatoms. The van der Waals surface area contributed by atoms with E-state index in [0.29, 0.717) is 18.3 Å². The van der Waals surface area contributed by atoms with Crippen molar-refractivity contribution in [2.75, 3.05) is 12.3 Å². The van der Waals surface area contributed by atoms with Crippen LogP contribution in [-0.4, -0.2) is 95.4 Å². The van der Waals surface area contributed by atoms with Crippen LogP contribution in [0.3, 0.4) is 0 Å². The lowest BCUT2D eigenvalue weighted by Crippen LogP contribution is -2.61. The first kappa shape index (κ1) is 44.2. The molecule has 0 aromatic heterocycles. The maximum Gasteiger partial charge on any atom is 0.244 e. The predicted molar refractivity (Wildman–Crippen MR) is 202 cm³/mol. The molecule has 53 heavy (non-hydrogen) atoms. The highest BCUT2D eigenvalue weighted by Crippen LogP contribution is 2.13. The minimum Gasteiger partial charge on any atom is -0.508 e. The Morgan fingerprint density at radius 3 is 1.81 bits per heavy atom. The average molecular weight is 756 g/mol. The van der Waals surface area contributed by atoms with E-state index in [2.05, 4.69) is 44.5 Å². The largest absolute Gasteiger partial charge is 0.508 e. The van der Waals surface area contributed by atoms with Crippen molar-refractivity contribution in [3.8, 4) is 5.75 Å². The van der Waals surface area contributed by atoms with Crippen LogP contribution in [-0.2, 0) is 46.4 Å². The minimum absolute atomic E-state index is 0.0273. The van der Waals surface area contributed by atoms with E-state index in [4.69, 9.17) is 5.73 Å². The molecule has 2 aromatic rings. The second-order valence-electron chi connectivity index (χ2n) is 13.2. The number of nitrogens with one attached hydrogen (secondary N) is 6. The fourth-order valence-corrected chi connectivity index (χ4v) is 5.47. The monoisotopic (exact) mass is 755 g/mol. The molecule has 7 atom stereocenters. The molecule has 0 heterocycles. The van der Waals surface area contributed by atoms with Crippen LogP contribution in [0, 0.1) is 11.8 Å². The van der Waals surface area contributed by atoms with Gasteiger partial charge < -0.3 is 47.5 Å². The van der Waals surface area contributed by atoms with Crippen molar-refractivity contribution in [1.29, 1.82) is 0 Å². The summed E-state index contributed by atoms with van der Waals surface area (Å²) in [6.07, 6.45) is 1.39. The molecule has 0 fully saturated rings. The molecule has 2 rings (SSSR count). The van der Waals surface area contributed by atoms with Crippen molar-refractivity contribution in [2.45, 2.75) is 90.1 Å². The third-order valence-corrected chi connectivity index (χ3v) is 8.98. The number of amides is 6. The van der Waals surface area contributed by atoms with Gasteiger partial charge >= 0.3 is 0 Å². The van der Waals surface area contributed by atoms with Crippen molar-refractivity contribution in [2.24, 2.45) is 17.6 Å². The van der Waals surface area contributed by atoms with Crippen LogP contribution in [0.25, 0.3) is 0 Å². The molecular formula is C37H53N7O8S. The number of aromatic hydroxyl groups is 1. The maximum absolute atomic E-state index is 13.7. The van der Waals surface area contributed by atoms with Gasteiger partial charge in [0.2, 0.25) is 35.4 Å². The number of phenols is 1. The zero-order valence-electron chi connectivity index (χ0n) is 30.8. The van der Waals surface area contributed by atoms with E-state index in [0.717, 1.165) is 5.56 Å². The summed E-state index contributed by atoms with van der Waals surface area (Å²) >= 11 is 4.22. The Bertz CT molecular complexity index is 1540. The average Bonchev–Trinajstić information content (AvgIpc) is 3.14. The van der Waals surface area contributed by atoms with Crippen LogP contribution in [0.1, 0.15) is 52.2 Å². The molecule has 9 N–H and O–H groups in total. The molecule has 0 spiro atoms. The summed E-state index contributed by atoms with van der Waals surface area (Å²) in [6.45, 7) is 8.03. The Kier molecular flexibility index (Phi) is 18.5. The molecule has 0 aliphatic heterocycles. The number of carbonyl (C=O) groups excluding carboxylic acids is 7. The molecule has 0 saturated heterocycles. The van der Waals surface area contributed by atoms with Gasteiger partial charge in [0.15, 0.2) is 0 Å². The highest BCUT2D eigenvalue weighted by molar-refractivity contribution is 7.80.